The van der Waals surface area contributed by atoms with Crippen LogP contribution < -0.4 is 10.6 Å². The number of anilines is 1. The van der Waals surface area contributed by atoms with Crippen LogP contribution in [0.5, 0.6) is 0 Å². The monoisotopic (exact) mass is 355 g/mol. The number of rotatable bonds is 7. The molecule has 0 aromatic carbocycles. The number of halogens is 1. The summed E-state index contributed by atoms with van der Waals surface area (Å²) in [5, 5.41) is 6.22. The van der Waals surface area contributed by atoms with E-state index in [2.05, 4.69) is 66.2 Å². The average Bonchev–Trinajstić information content (AvgIpc) is 2.43. The molecule has 0 aliphatic heterocycles. The molecule has 0 spiro atoms. The minimum atomic E-state index is -0.0869. The molecule has 2 N–H and O–H groups in total. The zero-order chi connectivity index (χ0) is 16.0. The van der Waals surface area contributed by atoms with Crippen LogP contribution in [-0.2, 0) is 0 Å². The zero-order valence-corrected chi connectivity index (χ0v) is 15.2. The van der Waals surface area contributed by atoms with Gasteiger partial charge in [0.2, 0.25) is 0 Å². The molecular weight excluding hydrogens is 330 g/mol. The van der Waals surface area contributed by atoms with Crippen molar-refractivity contribution in [3.8, 4) is 0 Å². The van der Waals surface area contributed by atoms with Gasteiger partial charge in [-0.15, -0.1) is 0 Å². The minimum absolute atomic E-state index is 0.0616. The lowest BCUT2D eigenvalue weighted by molar-refractivity contribution is 0.0925. The predicted molar refractivity (Wildman–Crippen MR) is 91.7 cm³/mol. The Bertz CT molecular complexity index is 486. The maximum atomic E-state index is 12.4. The van der Waals surface area contributed by atoms with Crippen LogP contribution in [0.3, 0.4) is 0 Å². The molecule has 0 saturated carbocycles. The summed E-state index contributed by atoms with van der Waals surface area (Å²) in [6, 6.07) is 1.81. The largest absolute Gasteiger partial charge is 0.369 e. The lowest BCUT2D eigenvalue weighted by Crippen LogP contribution is -2.37. The van der Waals surface area contributed by atoms with Crippen molar-refractivity contribution in [3.63, 3.8) is 0 Å². The van der Waals surface area contributed by atoms with E-state index in [1.807, 2.05) is 6.07 Å². The van der Waals surface area contributed by atoms with E-state index in [1.54, 1.807) is 6.20 Å². The highest BCUT2D eigenvalue weighted by Crippen LogP contribution is 2.25. The summed E-state index contributed by atoms with van der Waals surface area (Å²) in [5.41, 5.74) is 0.643. The van der Waals surface area contributed by atoms with Gasteiger partial charge in [0.15, 0.2) is 0 Å². The van der Waals surface area contributed by atoms with Crippen LogP contribution in [0.2, 0.25) is 0 Å². The Hall–Kier alpha value is -1.10. The Labute approximate surface area is 136 Å². The Balaban J connectivity index is 2.83. The van der Waals surface area contributed by atoms with Crippen molar-refractivity contribution in [3.05, 3.63) is 22.3 Å². The third kappa shape index (κ3) is 5.30. The van der Waals surface area contributed by atoms with Gasteiger partial charge < -0.3 is 10.6 Å². The van der Waals surface area contributed by atoms with Crippen LogP contribution in [0, 0.1) is 11.3 Å². The quantitative estimate of drug-likeness (QED) is 0.774. The standard InChI is InChI=1S/C16H26BrN3O/c1-6-7-18-14-13(8-12(17)9-19-14)15(21)20-10-16(4,5)11(2)3/h8-9,11H,6-7,10H2,1-5H3,(H,18,19)(H,20,21). The molecule has 5 heteroatoms. The van der Waals surface area contributed by atoms with E-state index in [9.17, 15) is 4.79 Å². The lowest BCUT2D eigenvalue weighted by Gasteiger charge is -2.29. The van der Waals surface area contributed by atoms with Gasteiger partial charge >= 0.3 is 0 Å². The Kier molecular flexibility index (Phi) is 6.65. The maximum absolute atomic E-state index is 12.4. The molecule has 21 heavy (non-hydrogen) atoms. The molecule has 0 atom stereocenters. The molecule has 1 rings (SSSR count). The average molecular weight is 356 g/mol. The number of hydrogen-bond acceptors (Lipinski definition) is 3. The summed E-state index contributed by atoms with van der Waals surface area (Å²) >= 11 is 3.38. The second kappa shape index (κ2) is 7.78. The fourth-order valence-electron chi connectivity index (χ4n) is 1.60. The molecule has 0 aliphatic rings. The van der Waals surface area contributed by atoms with Crippen LogP contribution >= 0.6 is 15.9 Å². The van der Waals surface area contributed by atoms with Gasteiger partial charge in [0.1, 0.15) is 5.82 Å². The van der Waals surface area contributed by atoms with Crippen molar-refractivity contribution in [1.82, 2.24) is 10.3 Å². The van der Waals surface area contributed by atoms with E-state index in [1.165, 1.54) is 0 Å². The minimum Gasteiger partial charge on any atom is -0.369 e. The van der Waals surface area contributed by atoms with Gasteiger partial charge in [0, 0.05) is 23.8 Å². The first-order valence-corrected chi connectivity index (χ1v) is 8.25. The summed E-state index contributed by atoms with van der Waals surface area (Å²) in [5.74, 6) is 1.05. The van der Waals surface area contributed by atoms with Crippen molar-refractivity contribution in [2.75, 3.05) is 18.4 Å². The highest BCUT2D eigenvalue weighted by molar-refractivity contribution is 9.10. The number of amides is 1. The van der Waals surface area contributed by atoms with E-state index in [0.29, 0.717) is 23.8 Å². The maximum Gasteiger partial charge on any atom is 0.255 e. The summed E-state index contributed by atoms with van der Waals surface area (Å²) in [4.78, 5) is 16.7. The normalized spacial score (nSPS) is 11.6. The molecule has 0 radical (unpaired) electrons. The molecule has 4 nitrogen and oxygen atoms in total. The van der Waals surface area contributed by atoms with Crippen molar-refractivity contribution < 1.29 is 4.79 Å². The second-order valence-electron chi connectivity index (χ2n) is 6.30. The first kappa shape index (κ1) is 18.0. The van der Waals surface area contributed by atoms with Crippen LogP contribution in [0.15, 0.2) is 16.7 Å². The second-order valence-corrected chi connectivity index (χ2v) is 7.22. The Morgan fingerprint density at radius 3 is 2.67 bits per heavy atom. The zero-order valence-electron chi connectivity index (χ0n) is 13.6. The number of aromatic nitrogens is 1. The van der Waals surface area contributed by atoms with Gasteiger partial charge in [0.05, 0.1) is 5.56 Å². The van der Waals surface area contributed by atoms with Crippen molar-refractivity contribution in [2.24, 2.45) is 11.3 Å². The van der Waals surface area contributed by atoms with Gasteiger partial charge in [-0.25, -0.2) is 4.98 Å². The smallest absolute Gasteiger partial charge is 0.255 e. The topological polar surface area (TPSA) is 54.0 Å². The van der Waals surface area contributed by atoms with E-state index in [-0.39, 0.29) is 11.3 Å². The van der Waals surface area contributed by atoms with Gasteiger partial charge in [-0.05, 0) is 39.8 Å². The van der Waals surface area contributed by atoms with Gasteiger partial charge in [-0.1, -0.05) is 34.6 Å². The molecule has 1 aromatic heterocycles. The van der Waals surface area contributed by atoms with Crippen molar-refractivity contribution >= 4 is 27.7 Å². The van der Waals surface area contributed by atoms with Crippen LogP contribution in [-0.4, -0.2) is 24.0 Å². The number of nitrogens with zero attached hydrogens (tertiary/aromatic N) is 1. The molecule has 1 heterocycles. The third-order valence-electron chi connectivity index (χ3n) is 3.91. The first-order valence-electron chi connectivity index (χ1n) is 7.45. The molecule has 0 fully saturated rings. The molecule has 118 valence electrons. The molecule has 1 amide bonds. The molecule has 0 aliphatic carbocycles. The number of carbonyl (C=O) groups excluding carboxylic acids is 1. The fraction of sp³-hybridized carbons (Fsp3) is 0.625. The molecule has 0 saturated heterocycles. The van der Waals surface area contributed by atoms with E-state index >= 15 is 0 Å². The SMILES string of the molecule is CCCNc1ncc(Br)cc1C(=O)NCC(C)(C)C(C)C. The first-order chi connectivity index (χ1) is 9.77. The highest BCUT2D eigenvalue weighted by atomic mass is 79.9. The number of hydrogen-bond donors (Lipinski definition) is 2. The Morgan fingerprint density at radius 1 is 1.43 bits per heavy atom. The van der Waals surface area contributed by atoms with Crippen LogP contribution in [0.1, 0.15) is 51.4 Å². The predicted octanol–water partition coefficient (Wildman–Crippen LogP) is 4.08. The summed E-state index contributed by atoms with van der Waals surface area (Å²) < 4.78 is 0.804. The number of nitrogens with one attached hydrogen (secondary N) is 2. The molecule has 0 unspecified atom stereocenters. The number of carbonyl (C=O) groups is 1. The van der Waals surface area contributed by atoms with E-state index < -0.39 is 0 Å². The molecule has 1 aromatic rings. The van der Waals surface area contributed by atoms with Crippen LogP contribution in [0.4, 0.5) is 5.82 Å². The molecular formula is C16H26BrN3O. The number of pyridine rings is 1. The van der Waals surface area contributed by atoms with Crippen molar-refractivity contribution in [1.29, 1.82) is 0 Å². The lowest BCUT2D eigenvalue weighted by atomic mass is 9.81. The van der Waals surface area contributed by atoms with Gasteiger partial charge in [0.25, 0.3) is 5.91 Å². The van der Waals surface area contributed by atoms with E-state index in [4.69, 9.17) is 0 Å². The summed E-state index contributed by atoms with van der Waals surface area (Å²) in [6.45, 7) is 12.2. The van der Waals surface area contributed by atoms with Gasteiger partial charge in [-0.2, -0.15) is 0 Å². The Morgan fingerprint density at radius 2 is 2.10 bits per heavy atom. The third-order valence-corrected chi connectivity index (χ3v) is 4.34. The summed E-state index contributed by atoms with van der Waals surface area (Å²) in [7, 11) is 0. The van der Waals surface area contributed by atoms with Crippen LogP contribution in [0.25, 0.3) is 0 Å². The van der Waals surface area contributed by atoms with E-state index in [0.717, 1.165) is 17.4 Å². The van der Waals surface area contributed by atoms with Gasteiger partial charge in [-0.3, -0.25) is 4.79 Å². The fourth-order valence-corrected chi connectivity index (χ4v) is 1.94. The molecule has 0 bridgehead atoms. The summed E-state index contributed by atoms with van der Waals surface area (Å²) in [6.07, 6.45) is 2.69. The van der Waals surface area contributed by atoms with Crippen molar-refractivity contribution in [2.45, 2.75) is 41.0 Å². The highest BCUT2D eigenvalue weighted by Gasteiger charge is 2.24.